The number of nitrogens with two attached hydrogens (primary N) is 1. The molecule has 2 aromatic rings. The molecule has 7 nitrogen and oxygen atoms in total. The monoisotopic (exact) mass is 292 g/mol. The third-order valence-corrected chi connectivity index (χ3v) is 3.42. The maximum Gasteiger partial charge on any atom is 0.350 e. The van der Waals surface area contributed by atoms with Crippen LogP contribution in [0.15, 0.2) is 17.6 Å². The van der Waals surface area contributed by atoms with Gasteiger partial charge in [0.15, 0.2) is 0 Å². The Hall–Kier alpha value is -2.48. The van der Waals surface area contributed by atoms with Gasteiger partial charge in [-0.1, -0.05) is 0 Å². The Labute approximate surface area is 118 Å². The molecule has 2 heterocycles. The molecule has 104 valence electrons. The number of carbonyl (C=O) groups is 2. The van der Waals surface area contributed by atoms with E-state index in [1.165, 1.54) is 24.6 Å². The second kappa shape index (κ2) is 5.66. The quantitative estimate of drug-likeness (QED) is 0.829. The highest BCUT2D eigenvalue weighted by atomic mass is 32.1. The highest BCUT2D eigenvalue weighted by Crippen LogP contribution is 2.23. The SMILES string of the molecule is COC(=O)c1sccc1NC(=O)c1cnc(N)nc1C. The van der Waals surface area contributed by atoms with Gasteiger partial charge in [-0.25, -0.2) is 14.8 Å². The Balaban J connectivity index is 2.24. The molecule has 0 unspecified atom stereocenters. The van der Waals surface area contributed by atoms with E-state index in [0.717, 1.165) is 0 Å². The molecule has 2 aromatic heterocycles. The zero-order valence-electron chi connectivity index (χ0n) is 10.8. The van der Waals surface area contributed by atoms with Crippen molar-refractivity contribution in [3.8, 4) is 0 Å². The maximum absolute atomic E-state index is 12.1. The molecule has 0 saturated carbocycles. The van der Waals surface area contributed by atoms with Crippen molar-refractivity contribution in [2.24, 2.45) is 0 Å². The average Bonchev–Trinajstić information content (AvgIpc) is 2.85. The number of nitrogens with one attached hydrogen (secondary N) is 1. The summed E-state index contributed by atoms with van der Waals surface area (Å²) >= 11 is 1.19. The number of amides is 1. The van der Waals surface area contributed by atoms with Crippen LogP contribution in [0.2, 0.25) is 0 Å². The number of hydrogen-bond acceptors (Lipinski definition) is 7. The first-order valence-electron chi connectivity index (χ1n) is 5.59. The van der Waals surface area contributed by atoms with E-state index in [9.17, 15) is 9.59 Å². The Bertz CT molecular complexity index is 668. The topological polar surface area (TPSA) is 107 Å². The van der Waals surface area contributed by atoms with Gasteiger partial charge in [0.1, 0.15) is 4.88 Å². The summed E-state index contributed by atoms with van der Waals surface area (Å²) in [4.78, 5) is 31.7. The van der Waals surface area contributed by atoms with Crippen LogP contribution in [0.3, 0.4) is 0 Å². The van der Waals surface area contributed by atoms with Crippen molar-refractivity contribution in [3.63, 3.8) is 0 Å². The lowest BCUT2D eigenvalue weighted by molar-refractivity contribution is 0.0607. The van der Waals surface area contributed by atoms with Crippen LogP contribution < -0.4 is 11.1 Å². The van der Waals surface area contributed by atoms with Gasteiger partial charge in [-0.15, -0.1) is 11.3 Å². The van der Waals surface area contributed by atoms with E-state index in [0.29, 0.717) is 21.8 Å². The third kappa shape index (κ3) is 2.75. The first-order valence-corrected chi connectivity index (χ1v) is 6.47. The molecule has 0 bridgehead atoms. The third-order valence-electron chi connectivity index (χ3n) is 2.53. The molecule has 0 saturated heterocycles. The van der Waals surface area contributed by atoms with Crippen LogP contribution in [-0.2, 0) is 4.74 Å². The number of nitrogens with zero attached hydrogens (tertiary/aromatic N) is 2. The zero-order valence-corrected chi connectivity index (χ0v) is 11.7. The highest BCUT2D eigenvalue weighted by Gasteiger charge is 2.18. The van der Waals surface area contributed by atoms with E-state index in [1.54, 1.807) is 18.4 Å². The number of aromatic nitrogens is 2. The number of esters is 1. The lowest BCUT2D eigenvalue weighted by atomic mass is 10.2. The van der Waals surface area contributed by atoms with Gasteiger partial charge in [-0.3, -0.25) is 4.79 Å². The van der Waals surface area contributed by atoms with Crippen LogP contribution in [0, 0.1) is 6.92 Å². The number of ether oxygens (including phenoxy) is 1. The first-order chi connectivity index (χ1) is 9.52. The zero-order chi connectivity index (χ0) is 14.7. The molecule has 2 rings (SSSR count). The van der Waals surface area contributed by atoms with Gasteiger partial charge in [0.2, 0.25) is 5.95 Å². The smallest absolute Gasteiger partial charge is 0.350 e. The van der Waals surface area contributed by atoms with E-state index >= 15 is 0 Å². The second-order valence-electron chi connectivity index (χ2n) is 3.84. The molecule has 1 amide bonds. The molecule has 0 radical (unpaired) electrons. The van der Waals surface area contributed by atoms with E-state index in [4.69, 9.17) is 5.73 Å². The van der Waals surface area contributed by atoms with E-state index in [2.05, 4.69) is 20.0 Å². The number of aryl methyl sites for hydroxylation is 1. The normalized spacial score (nSPS) is 10.1. The van der Waals surface area contributed by atoms with E-state index in [1.807, 2.05) is 0 Å². The van der Waals surface area contributed by atoms with Crippen LogP contribution in [-0.4, -0.2) is 29.0 Å². The van der Waals surface area contributed by atoms with E-state index < -0.39 is 11.9 Å². The van der Waals surface area contributed by atoms with Crippen molar-refractivity contribution < 1.29 is 14.3 Å². The summed E-state index contributed by atoms with van der Waals surface area (Å²) in [5.74, 6) is -0.809. The van der Waals surface area contributed by atoms with Gasteiger partial charge in [0.25, 0.3) is 5.91 Å². The summed E-state index contributed by atoms with van der Waals surface area (Å²) in [6.07, 6.45) is 1.34. The highest BCUT2D eigenvalue weighted by molar-refractivity contribution is 7.12. The summed E-state index contributed by atoms with van der Waals surface area (Å²) in [5, 5.41) is 4.32. The predicted molar refractivity (Wildman–Crippen MR) is 74.8 cm³/mol. The van der Waals surface area contributed by atoms with Crippen LogP contribution >= 0.6 is 11.3 Å². The number of anilines is 2. The summed E-state index contributed by atoms with van der Waals surface area (Å²) in [7, 11) is 1.28. The van der Waals surface area contributed by atoms with Crippen LogP contribution in [0.5, 0.6) is 0 Å². The molecule has 0 aliphatic carbocycles. The molecule has 3 N–H and O–H groups in total. The minimum Gasteiger partial charge on any atom is -0.465 e. The van der Waals surface area contributed by atoms with Crippen molar-refractivity contribution in [1.29, 1.82) is 0 Å². The van der Waals surface area contributed by atoms with Crippen LogP contribution in [0.1, 0.15) is 25.7 Å². The van der Waals surface area contributed by atoms with Crippen molar-refractivity contribution in [3.05, 3.63) is 33.8 Å². The first kappa shape index (κ1) is 13.9. The molecule has 0 atom stereocenters. The summed E-state index contributed by atoms with van der Waals surface area (Å²) in [6.45, 7) is 1.65. The molecule has 0 aliphatic heterocycles. The Kier molecular flexibility index (Phi) is 3.94. The Morgan fingerprint density at radius 2 is 2.20 bits per heavy atom. The van der Waals surface area contributed by atoms with Gasteiger partial charge in [-0.05, 0) is 18.4 Å². The summed E-state index contributed by atoms with van der Waals surface area (Å²) in [5.41, 5.74) is 6.58. The van der Waals surface area contributed by atoms with Crippen LogP contribution in [0.4, 0.5) is 11.6 Å². The van der Waals surface area contributed by atoms with Crippen molar-refractivity contribution in [2.75, 3.05) is 18.2 Å². The van der Waals surface area contributed by atoms with Crippen molar-refractivity contribution in [2.45, 2.75) is 6.92 Å². The Morgan fingerprint density at radius 1 is 1.45 bits per heavy atom. The summed E-state index contributed by atoms with van der Waals surface area (Å²) in [6, 6.07) is 1.63. The molecule has 0 fully saturated rings. The van der Waals surface area contributed by atoms with E-state index in [-0.39, 0.29) is 5.95 Å². The molecular weight excluding hydrogens is 280 g/mol. The standard InChI is InChI=1S/C12H12N4O3S/c1-6-7(5-14-12(13)15-6)10(17)16-8-3-4-20-9(8)11(18)19-2/h3-5H,1-2H3,(H,16,17)(H2,13,14,15). The number of carbonyl (C=O) groups excluding carboxylic acids is 2. The molecule has 20 heavy (non-hydrogen) atoms. The molecular formula is C12H12N4O3S. The van der Waals surface area contributed by atoms with Crippen molar-refractivity contribution >= 4 is 34.8 Å². The summed E-state index contributed by atoms with van der Waals surface area (Å²) < 4.78 is 4.64. The molecule has 0 aliphatic rings. The predicted octanol–water partition coefficient (Wildman–Crippen LogP) is 1.47. The molecule has 8 heteroatoms. The maximum atomic E-state index is 12.1. The fourth-order valence-corrected chi connectivity index (χ4v) is 2.32. The fraction of sp³-hybridized carbons (Fsp3) is 0.167. The number of thiophene rings is 1. The molecule has 0 spiro atoms. The lowest BCUT2D eigenvalue weighted by Crippen LogP contribution is -2.16. The minimum absolute atomic E-state index is 0.102. The minimum atomic E-state index is -0.499. The number of rotatable bonds is 3. The lowest BCUT2D eigenvalue weighted by Gasteiger charge is -2.07. The Morgan fingerprint density at radius 3 is 2.85 bits per heavy atom. The van der Waals surface area contributed by atoms with Crippen LogP contribution in [0.25, 0.3) is 0 Å². The largest absolute Gasteiger partial charge is 0.465 e. The number of hydrogen-bond donors (Lipinski definition) is 2. The second-order valence-corrected chi connectivity index (χ2v) is 4.75. The van der Waals surface area contributed by atoms with Gasteiger partial charge >= 0.3 is 5.97 Å². The average molecular weight is 292 g/mol. The fourth-order valence-electron chi connectivity index (χ4n) is 1.56. The van der Waals surface area contributed by atoms with Crippen molar-refractivity contribution in [1.82, 2.24) is 9.97 Å². The van der Waals surface area contributed by atoms with Gasteiger partial charge in [0.05, 0.1) is 24.1 Å². The number of methoxy groups -OCH3 is 1. The van der Waals surface area contributed by atoms with Gasteiger partial charge < -0.3 is 15.8 Å². The van der Waals surface area contributed by atoms with Gasteiger partial charge in [-0.2, -0.15) is 0 Å². The van der Waals surface area contributed by atoms with Gasteiger partial charge in [0, 0.05) is 6.20 Å². The number of nitrogen functional groups attached to an aromatic ring is 1. The molecule has 0 aromatic carbocycles.